The molecule has 25 heavy (non-hydrogen) atoms. The van der Waals surface area contributed by atoms with Gasteiger partial charge >= 0.3 is 0 Å². The van der Waals surface area contributed by atoms with Crippen LogP contribution < -0.4 is 5.73 Å². The Bertz CT molecular complexity index is 970. The maximum absolute atomic E-state index is 11.2. The quantitative estimate of drug-likeness (QED) is 0.490. The molecular formula is C17H15BrN4O2S. The van der Waals surface area contributed by atoms with Crippen molar-refractivity contribution in [3.63, 3.8) is 0 Å². The van der Waals surface area contributed by atoms with Gasteiger partial charge < -0.3 is 10.8 Å². The van der Waals surface area contributed by atoms with E-state index in [1.54, 1.807) is 4.57 Å². The normalized spacial score (nSPS) is 15.4. The van der Waals surface area contributed by atoms with Crippen molar-refractivity contribution >= 4 is 44.4 Å². The van der Waals surface area contributed by atoms with Crippen LogP contribution in [-0.4, -0.2) is 31.2 Å². The molecule has 1 unspecified atom stereocenters. The SMILES string of the molecule is NC(=O)C(O)Sc1nnc(Br)n1-c1ccc(C2CC2)c2ccccc12. The minimum absolute atomic E-state index is 0.391. The molecule has 1 saturated carbocycles. The molecule has 3 aromatic rings. The summed E-state index contributed by atoms with van der Waals surface area (Å²) in [5.74, 6) is -0.182. The highest BCUT2D eigenvalue weighted by atomic mass is 79.9. The van der Waals surface area contributed by atoms with Gasteiger partial charge in [0, 0.05) is 5.39 Å². The van der Waals surface area contributed by atoms with E-state index in [9.17, 15) is 9.90 Å². The lowest BCUT2D eigenvalue weighted by Gasteiger charge is -2.14. The fourth-order valence-electron chi connectivity index (χ4n) is 2.94. The molecule has 1 fully saturated rings. The molecule has 0 aliphatic heterocycles. The monoisotopic (exact) mass is 418 g/mol. The van der Waals surface area contributed by atoms with Gasteiger partial charge in [0.2, 0.25) is 4.73 Å². The molecule has 0 bridgehead atoms. The van der Waals surface area contributed by atoms with Gasteiger partial charge in [0.15, 0.2) is 10.6 Å². The molecule has 1 atom stereocenters. The number of halogens is 1. The second-order valence-corrected chi connectivity index (χ2v) is 7.71. The molecule has 0 saturated heterocycles. The van der Waals surface area contributed by atoms with Crippen molar-refractivity contribution in [2.45, 2.75) is 29.4 Å². The van der Waals surface area contributed by atoms with E-state index in [0.29, 0.717) is 15.8 Å². The molecule has 1 heterocycles. The summed E-state index contributed by atoms with van der Waals surface area (Å²) in [5, 5.41) is 20.5. The molecule has 1 aromatic heterocycles. The van der Waals surface area contributed by atoms with E-state index < -0.39 is 11.3 Å². The third kappa shape index (κ3) is 3.05. The molecule has 1 aliphatic rings. The number of fused-ring (bicyclic) bond motifs is 1. The number of aliphatic hydroxyl groups excluding tert-OH is 1. The summed E-state index contributed by atoms with van der Waals surface area (Å²) in [7, 11) is 0. The zero-order valence-electron chi connectivity index (χ0n) is 13.1. The van der Waals surface area contributed by atoms with Gasteiger partial charge in [-0.3, -0.25) is 9.36 Å². The minimum atomic E-state index is -1.38. The van der Waals surface area contributed by atoms with Crippen LogP contribution in [0.5, 0.6) is 0 Å². The van der Waals surface area contributed by atoms with Crippen LogP contribution in [0.4, 0.5) is 0 Å². The van der Waals surface area contributed by atoms with E-state index in [1.807, 2.05) is 18.2 Å². The van der Waals surface area contributed by atoms with Crippen molar-refractivity contribution in [1.29, 1.82) is 0 Å². The molecule has 1 aliphatic carbocycles. The van der Waals surface area contributed by atoms with Crippen molar-refractivity contribution in [1.82, 2.24) is 14.8 Å². The summed E-state index contributed by atoms with van der Waals surface area (Å²) in [5.41, 5.74) is 6.01. The first kappa shape index (κ1) is 16.6. The molecule has 0 spiro atoms. The van der Waals surface area contributed by atoms with Crippen molar-refractivity contribution in [2.24, 2.45) is 5.73 Å². The van der Waals surface area contributed by atoms with Crippen LogP contribution in [-0.2, 0) is 4.79 Å². The van der Waals surface area contributed by atoms with E-state index in [-0.39, 0.29) is 0 Å². The number of nitrogens with two attached hydrogens (primary N) is 1. The molecule has 6 nitrogen and oxygen atoms in total. The highest BCUT2D eigenvalue weighted by Gasteiger charge is 2.27. The molecule has 128 valence electrons. The second kappa shape index (κ2) is 6.44. The predicted molar refractivity (Wildman–Crippen MR) is 99.6 cm³/mol. The number of rotatable bonds is 5. The Kier molecular flexibility index (Phi) is 4.26. The van der Waals surface area contributed by atoms with E-state index in [0.717, 1.165) is 22.8 Å². The van der Waals surface area contributed by atoms with Gasteiger partial charge in [-0.2, -0.15) is 0 Å². The minimum Gasteiger partial charge on any atom is -0.373 e. The summed E-state index contributed by atoms with van der Waals surface area (Å²) in [6.45, 7) is 0. The highest BCUT2D eigenvalue weighted by molar-refractivity contribution is 9.10. The number of primary amides is 1. The molecule has 0 radical (unpaired) electrons. The number of thioether (sulfide) groups is 1. The first-order chi connectivity index (χ1) is 12.1. The Morgan fingerprint density at radius 1 is 1.24 bits per heavy atom. The van der Waals surface area contributed by atoms with E-state index >= 15 is 0 Å². The summed E-state index contributed by atoms with van der Waals surface area (Å²) in [6, 6.07) is 12.4. The Morgan fingerprint density at radius 2 is 1.96 bits per heavy atom. The Balaban J connectivity index is 1.87. The average molecular weight is 419 g/mol. The number of carbonyl (C=O) groups is 1. The van der Waals surface area contributed by atoms with Crippen LogP contribution in [0.2, 0.25) is 0 Å². The van der Waals surface area contributed by atoms with Gasteiger partial charge in [0.05, 0.1) is 5.69 Å². The standard InChI is InChI=1S/C17H15BrN4O2S/c18-16-20-21-17(25-15(24)14(19)23)22(16)13-8-7-10(9-5-6-9)11-3-1-2-4-12(11)13/h1-4,7-9,15,24H,5-6H2,(H2,19,23). The maximum Gasteiger partial charge on any atom is 0.257 e. The summed E-state index contributed by atoms with van der Waals surface area (Å²) < 4.78 is 2.27. The largest absolute Gasteiger partial charge is 0.373 e. The third-order valence-corrected chi connectivity index (χ3v) is 5.69. The predicted octanol–water partition coefficient (Wildman–Crippen LogP) is 2.96. The first-order valence-corrected chi connectivity index (χ1v) is 9.50. The number of aromatic nitrogens is 3. The zero-order chi connectivity index (χ0) is 17.6. The van der Waals surface area contributed by atoms with Gasteiger partial charge in [-0.05, 0) is 63.5 Å². The van der Waals surface area contributed by atoms with Gasteiger partial charge in [-0.1, -0.05) is 30.3 Å². The molecule has 3 N–H and O–H groups in total. The Labute approximate surface area is 156 Å². The average Bonchev–Trinajstić information content (AvgIpc) is 3.38. The van der Waals surface area contributed by atoms with Crippen LogP contribution >= 0.6 is 27.7 Å². The second-order valence-electron chi connectivity index (χ2n) is 5.95. The number of hydrogen-bond donors (Lipinski definition) is 2. The van der Waals surface area contributed by atoms with Crippen LogP contribution in [0, 0.1) is 0 Å². The van der Waals surface area contributed by atoms with E-state index in [1.165, 1.54) is 23.8 Å². The summed E-state index contributed by atoms with van der Waals surface area (Å²) >= 11 is 4.27. The number of benzene rings is 2. The summed E-state index contributed by atoms with van der Waals surface area (Å²) in [4.78, 5) is 11.2. The Morgan fingerprint density at radius 3 is 2.64 bits per heavy atom. The van der Waals surface area contributed by atoms with E-state index in [4.69, 9.17) is 5.73 Å². The van der Waals surface area contributed by atoms with Gasteiger partial charge in [-0.15, -0.1) is 10.2 Å². The number of hydrogen-bond acceptors (Lipinski definition) is 5. The lowest BCUT2D eigenvalue weighted by molar-refractivity contribution is -0.122. The van der Waals surface area contributed by atoms with E-state index in [2.05, 4.69) is 44.3 Å². The first-order valence-electron chi connectivity index (χ1n) is 7.83. The van der Waals surface area contributed by atoms with Crippen LogP contribution in [0.3, 0.4) is 0 Å². The number of aliphatic hydroxyl groups is 1. The maximum atomic E-state index is 11.2. The van der Waals surface area contributed by atoms with Gasteiger partial charge in [0.25, 0.3) is 5.91 Å². The van der Waals surface area contributed by atoms with Crippen molar-refractivity contribution in [3.05, 3.63) is 46.7 Å². The zero-order valence-corrected chi connectivity index (χ0v) is 15.5. The van der Waals surface area contributed by atoms with Crippen LogP contribution in [0.25, 0.3) is 16.5 Å². The smallest absolute Gasteiger partial charge is 0.257 e. The van der Waals surface area contributed by atoms with Crippen LogP contribution in [0.15, 0.2) is 46.3 Å². The fraction of sp³-hybridized carbons (Fsp3) is 0.235. The number of amides is 1. The molecule has 1 amide bonds. The fourth-order valence-corrected chi connectivity index (χ4v) is 4.19. The van der Waals surface area contributed by atoms with Gasteiger partial charge in [0.1, 0.15) is 0 Å². The molecular weight excluding hydrogens is 404 g/mol. The van der Waals surface area contributed by atoms with Crippen molar-refractivity contribution < 1.29 is 9.90 Å². The topological polar surface area (TPSA) is 94.0 Å². The number of nitrogens with zero attached hydrogens (tertiary/aromatic N) is 3. The summed E-state index contributed by atoms with van der Waals surface area (Å²) in [6.07, 6.45) is 2.46. The van der Waals surface area contributed by atoms with Crippen LogP contribution in [0.1, 0.15) is 24.3 Å². The molecule has 4 rings (SSSR count). The molecule has 2 aromatic carbocycles. The molecule has 8 heteroatoms. The van der Waals surface area contributed by atoms with Crippen molar-refractivity contribution in [2.75, 3.05) is 0 Å². The Hall–Kier alpha value is -1.90. The third-order valence-electron chi connectivity index (χ3n) is 4.25. The lowest BCUT2D eigenvalue weighted by atomic mass is 9.99. The van der Waals surface area contributed by atoms with Crippen molar-refractivity contribution in [3.8, 4) is 5.69 Å². The lowest BCUT2D eigenvalue weighted by Crippen LogP contribution is -2.25. The van der Waals surface area contributed by atoms with Gasteiger partial charge in [-0.25, -0.2) is 0 Å². The highest BCUT2D eigenvalue weighted by Crippen LogP contribution is 2.44. The number of carbonyl (C=O) groups excluding carboxylic acids is 1.